The maximum absolute atomic E-state index is 13.5. The zero-order valence-electron chi connectivity index (χ0n) is 20.1. The number of non-ortho nitro benzene ring substituents is 1. The molecule has 0 aliphatic carbocycles. The topological polar surface area (TPSA) is 105 Å². The molecule has 2 aliphatic rings. The molecule has 4 rings (SSSR count). The first kappa shape index (κ1) is 24.3. The zero-order chi connectivity index (χ0) is 24.9. The fourth-order valence-electron chi connectivity index (χ4n) is 4.62. The van der Waals surface area contributed by atoms with Crippen molar-refractivity contribution in [1.82, 2.24) is 9.80 Å². The Labute approximate surface area is 204 Å². The molecule has 2 aromatic rings. The number of anilines is 1. The summed E-state index contributed by atoms with van der Waals surface area (Å²) in [5.74, 6) is 0.637. The van der Waals surface area contributed by atoms with Gasteiger partial charge in [0.1, 0.15) is 11.5 Å². The first-order valence-electron chi connectivity index (χ1n) is 11.8. The maximum atomic E-state index is 13.5. The molecule has 2 aliphatic heterocycles. The Kier molecular flexibility index (Phi) is 7.38. The maximum Gasteiger partial charge on any atom is 0.270 e. The second kappa shape index (κ2) is 10.6. The minimum atomic E-state index is -0.476. The van der Waals surface area contributed by atoms with Crippen LogP contribution in [-0.2, 0) is 0 Å². The summed E-state index contributed by atoms with van der Waals surface area (Å²) in [6, 6.07) is 9.55. The largest absolute Gasteiger partial charge is 0.497 e. The van der Waals surface area contributed by atoms with Gasteiger partial charge < -0.3 is 24.2 Å². The van der Waals surface area contributed by atoms with E-state index in [2.05, 4.69) is 4.90 Å². The van der Waals surface area contributed by atoms with Crippen molar-refractivity contribution in [3.8, 4) is 11.5 Å². The first-order valence-corrected chi connectivity index (χ1v) is 11.8. The van der Waals surface area contributed by atoms with Gasteiger partial charge in [-0.1, -0.05) is 0 Å². The minimum Gasteiger partial charge on any atom is -0.497 e. The van der Waals surface area contributed by atoms with Gasteiger partial charge >= 0.3 is 0 Å². The molecule has 35 heavy (non-hydrogen) atoms. The van der Waals surface area contributed by atoms with E-state index in [1.165, 1.54) is 26.4 Å². The molecule has 0 atom stereocenters. The smallest absolute Gasteiger partial charge is 0.270 e. The molecule has 0 saturated carbocycles. The summed E-state index contributed by atoms with van der Waals surface area (Å²) in [4.78, 5) is 43.0. The number of carbonyl (C=O) groups is 2. The van der Waals surface area contributed by atoms with Crippen LogP contribution in [0.1, 0.15) is 40.0 Å². The molecular formula is C25H30N4O6. The van der Waals surface area contributed by atoms with Crippen LogP contribution in [0.15, 0.2) is 36.4 Å². The number of benzene rings is 2. The molecule has 186 valence electrons. The van der Waals surface area contributed by atoms with Crippen LogP contribution in [0.4, 0.5) is 11.4 Å². The Bertz CT molecular complexity index is 1080. The monoisotopic (exact) mass is 482 g/mol. The lowest BCUT2D eigenvalue weighted by atomic mass is 10.0. The van der Waals surface area contributed by atoms with Gasteiger partial charge in [0.05, 0.1) is 30.4 Å². The van der Waals surface area contributed by atoms with Crippen molar-refractivity contribution >= 4 is 23.2 Å². The van der Waals surface area contributed by atoms with Crippen molar-refractivity contribution in [2.45, 2.75) is 19.3 Å². The van der Waals surface area contributed by atoms with Crippen LogP contribution in [0, 0.1) is 10.1 Å². The number of piperidine rings is 1. The van der Waals surface area contributed by atoms with Gasteiger partial charge in [0, 0.05) is 63.0 Å². The molecule has 0 aromatic heterocycles. The molecule has 0 N–H and O–H groups in total. The van der Waals surface area contributed by atoms with Crippen LogP contribution in [0.5, 0.6) is 11.5 Å². The average Bonchev–Trinajstić information content (AvgIpc) is 2.92. The molecule has 2 saturated heterocycles. The predicted molar refractivity (Wildman–Crippen MR) is 131 cm³/mol. The molecule has 0 spiro atoms. The fraction of sp³-hybridized carbons (Fsp3) is 0.440. The number of nitro groups is 1. The van der Waals surface area contributed by atoms with Gasteiger partial charge in [-0.3, -0.25) is 19.7 Å². The Balaban J connectivity index is 1.50. The summed E-state index contributed by atoms with van der Waals surface area (Å²) in [5, 5.41) is 11.4. The van der Waals surface area contributed by atoms with E-state index in [9.17, 15) is 19.7 Å². The molecule has 2 heterocycles. The highest BCUT2D eigenvalue weighted by molar-refractivity contribution is 6.01. The summed E-state index contributed by atoms with van der Waals surface area (Å²) in [6.45, 7) is 3.05. The van der Waals surface area contributed by atoms with Crippen molar-refractivity contribution in [3.05, 3.63) is 57.6 Å². The first-order chi connectivity index (χ1) is 16.9. The van der Waals surface area contributed by atoms with Crippen molar-refractivity contribution in [2.75, 3.05) is 58.4 Å². The number of nitrogens with zero attached hydrogens (tertiary/aromatic N) is 4. The molecule has 0 radical (unpaired) electrons. The molecule has 2 fully saturated rings. The average molecular weight is 483 g/mol. The minimum absolute atomic E-state index is 0.102. The van der Waals surface area contributed by atoms with Gasteiger partial charge in [-0.2, -0.15) is 0 Å². The summed E-state index contributed by atoms with van der Waals surface area (Å²) < 4.78 is 10.5. The Morgan fingerprint density at radius 3 is 1.91 bits per heavy atom. The number of rotatable bonds is 6. The van der Waals surface area contributed by atoms with Crippen LogP contribution in [0.2, 0.25) is 0 Å². The Morgan fingerprint density at radius 2 is 1.37 bits per heavy atom. The van der Waals surface area contributed by atoms with E-state index in [4.69, 9.17) is 9.47 Å². The normalized spacial score (nSPS) is 16.1. The van der Waals surface area contributed by atoms with Crippen LogP contribution >= 0.6 is 0 Å². The molecule has 0 bridgehead atoms. The zero-order valence-corrected chi connectivity index (χ0v) is 20.1. The number of methoxy groups -OCH3 is 2. The highest BCUT2D eigenvalue weighted by Gasteiger charge is 2.29. The number of hydrogen-bond acceptors (Lipinski definition) is 7. The van der Waals surface area contributed by atoms with Crippen molar-refractivity contribution < 1.29 is 24.0 Å². The van der Waals surface area contributed by atoms with Gasteiger partial charge in [-0.25, -0.2) is 0 Å². The summed E-state index contributed by atoms with van der Waals surface area (Å²) in [5.41, 5.74) is 1.43. The van der Waals surface area contributed by atoms with Gasteiger partial charge in [0.15, 0.2) is 0 Å². The lowest BCUT2D eigenvalue weighted by Crippen LogP contribution is -2.50. The number of piperazine rings is 1. The lowest BCUT2D eigenvalue weighted by molar-refractivity contribution is -0.384. The second-order valence-corrected chi connectivity index (χ2v) is 8.69. The third-order valence-corrected chi connectivity index (χ3v) is 6.57. The van der Waals surface area contributed by atoms with E-state index in [1.807, 2.05) is 0 Å². The SMILES string of the molecule is COc1cc(OC)cc(C(=O)N2CCN(C(=O)c3cc([N+](=O)[O-])ccc3N3CCCCC3)CC2)c1. The quantitative estimate of drug-likeness (QED) is 0.460. The Hall–Kier alpha value is -3.82. The van der Waals surface area contributed by atoms with E-state index in [-0.39, 0.29) is 17.5 Å². The number of hydrogen-bond donors (Lipinski definition) is 0. The van der Waals surface area contributed by atoms with Crippen LogP contribution < -0.4 is 14.4 Å². The third-order valence-electron chi connectivity index (χ3n) is 6.57. The van der Waals surface area contributed by atoms with Gasteiger partial charge in [-0.05, 0) is 37.5 Å². The highest BCUT2D eigenvalue weighted by Crippen LogP contribution is 2.30. The van der Waals surface area contributed by atoms with Gasteiger partial charge in [0.25, 0.3) is 17.5 Å². The molecule has 2 aromatic carbocycles. The van der Waals surface area contributed by atoms with Gasteiger partial charge in [0.2, 0.25) is 0 Å². The number of amides is 2. The van der Waals surface area contributed by atoms with Crippen LogP contribution in [0.25, 0.3) is 0 Å². The Morgan fingerprint density at radius 1 is 0.800 bits per heavy atom. The van der Waals surface area contributed by atoms with E-state index >= 15 is 0 Å². The molecule has 10 heteroatoms. The number of nitro benzene ring substituents is 1. The van der Waals surface area contributed by atoms with E-state index < -0.39 is 4.92 Å². The summed E-state index contributed by atoms with van der Waals surface area (Å²) >= 11 is 0. The van der Waals surface area contributed by atoms with E-state index in [0.29, 0.717) is 48.8 Å². The second-order valence-electron chi connectivity index (χ2n) is 8.69. The summed E-state index contributed by atoms with van der Waals surface area (Å²) in [6.07, 6.45) is 3.20. The van der Waals surface area contributed by atoms with Crippen molar-refractivity contribution in [2.24, 2.45) is 0 Å². The number of carbonyl (C=O) groups excluding carboxylic acids is 2. The van der Waals surface area contributed by atoms with Gasteiger partial charge in [-0.15, -0.1) is 0 Å². The van der Waals surface area contributed by atoms with Crippen LogP contribution in [0.3, 0.4) is 0 Å². The molecular weight excluding hydrogens is 452 g/mol. The summed E-state index contributed by atoms with van der Waals surface area (Å²) in [7, 11) is 3.05. The standard InChI is InChI=1S/C25H30N4O6/c1-34-20-14-18(15-21(17-20)35-2)24(30)27-10-12-28(13-11-27)25(31)22-16-19(29(32)33)6-7-23(22)26-8-4-3-5-9-26/h6-7,14-17H,3-5,8-13H2,1-2H3. The van der Waals surface area contributed by atoms with E-state index in [1.54, 1.807) is 34.1 Å². The molecule has 0 unspecified atom stereocenters. The molecule has 2 amide bonds. The van der Waals surface area contributed by atoms with E-state index in [0.717, 1.165) is 38.0 Å². The van der Waals surface area contributed by atoms with Crippen molar-refractivity contribution in [1.29, 1.82) is 0 Å². The van der Waals surface area contributed by atoms with Crippen molar-refractivity contribution in [3.63, 3.8) is 0 Å². The van der Waals surface area contributed by atoms with Crippen LogP contribution in [-0.4, -0.2) is 80.0 Å². The fourth-order valence-corrected chi connectivity index (χ4v) is 4.62. The predicted octanol–water partition coefficient (Wildman–Crippen LogP) is 3.20. The lowest BCUT2D eigenvalue weighted by Gasteiger charge is -2.36. The third kappa shape index (κ3) is 5.31. The number of ether oxygens (including phenoxy) is 2. The molecule has 10 nitrogen and oxygen atoms in total. The highest BCUT2D eigenvalue weighted by atomic mass is 16.6.